The molecule has 0 aliphatic carbocycles. The molecule has 28 heavy (non-hydrogen) atoms. The molecule has 4 rings (SSSR count). The number of imide groups is 1. The number of benzene rings is 2. The molecule has 2 fully saturated rings. The molecule has 2 heterocycles. The lowest BCUT2D eigenvalue weighted by molar-refractivity contribution is -0.137. The Balaban J connectivity index is 1.61. The van der Waals surface area contributed by atoms with Gasteiger partial charge in [-0.25, -0.2) is 9.18 Å². The molecule has 2 atom stereocenters. The van der Waals surface area contributed by atoms with Gasteiger partial charge in [0.05, 0.1) is 12.6 Å². The van der Waals surface area contributed by atoms with Crippen molar-refractivity contribution in [2.75, 3.05) is 6.54 Å². The van der Waals surface area contributed by atoms with Crippen LogP contribution in [0.1, 0.15) is 24.0 Å². The highest BCUT2D eigenvalue weighted by Crippen LogP contribution is 2.28. The summed E-state index contributed by atoms with van der Waals surface area (Å²) in [6, 6.07) is 12.9. The summed E-state index contributed by atoms with van der Waals surface area (Å²) in [5.41, 5.74) is 1.73. The number of piperidine rings is 1. The van der Waals surface area contributed by atoms with Crippen molar-refractivity contribution in [3.05, 3.63) is 69.9 Å². The number of nitrogens with one attached hydrogen (secondary N) is 1. The Morgan fingerprint density at radius 3 is 2.36 bits per heavy atom. The van der Waals surface area contributed by atoms with Crippen LogP contribution in [0.2, 0.25) is 0 Å². The van der Waals surface area contributed by atoms with Gasteiger partial charge in [0.2, 0.25) is 5.91 Å². The van der Waals surface area contributed by atoms with Gasteiger partial charge in [-0.15, -0.1) is 0 Å². The largest absolute Gasteiger partial charge is 0.327 e. The highest BCUT2D eigenvalue weighted by Gasteiger charge is 2.46. The molecule has 7 heteroatoms. The fourth-order valence-electron chi connectivity index (χ4n) is 3.91. The highest BCUT2D eigenvalue weighted by molar-refractivity contribution is 9.10. The first-order valence-corrected chi connectivity index (χ1v) is 10.2. The number of carbonyl (C=O) groups is 2. The molecule has 2 aliphatic rings. The molecule has 0 spiro atoms. The van der Waals surface area contributed by atoms with E-state index in [4.69, 9.17) is 0 Å². The van der Waals surface area contributed by atoms with Crippen LogP contribution < -0.4 is 5.32 Å². The van der Waals surface area contributed by atoms with Crippen molar-refractivity contribution < 1.29 is 14.0 Å². The van der Waals surface area contributed by atoms with Crippen LogP contribution in [0, 0.1) is 5.82 Å². The standard InChI is InChI=1S/C21H21BrFN3O2/c22-16-7-3-14(4-8-16)12-25-18-2-1-11-24-19(18)20(27)26(21(25)28)13-15-5-9-17(23)10-6-15/h3-10,18-19,24H,1-2,11-13H2. The molecular weight excluding hydrogens is 425 g/mol. The van der Waals surface area contributed by atoms with E-state index < -0.39 is 6.04 Å². The number of rotatable bonds is 4. The van der Waals surface area contributed by atoms with Gasteiger partial charge in [0, 0.05) is 11.0 Å². The molecule has 2 aromatic carbocycles. The number of carbonyl (C=O) groups excluding carboxylic acids is 2. The smallest absolute Gasteiger partial charge is 0.315 e. The Hall–Kier alpha value is -2.25. The van der Waals surface area contributed by atoms with Crippen LogP contribution in [-0.4, -0.2) is 40.4 Å². The van der Waals surface area contributed by atoms with E-state index in [0.717, 1.165) is 35.0 Å². The Morgan fingerprint density at radius 1 is 1.00 bits per heavy atom. The van der Waals surface area contributed by atoms with Gasteiger partial charge in [0.1, 0.15) is 11.9 Å². The van der Waals surface area contributed by atoms with E-state index in [1.807, 2.05) is 24.3 Å². The number of fused-ring (bicyclic) bond motifs is 1. The number of halogens is 2. The molecule has 0 aromatic heterocycles. The molecule has 0 saturated carbocycles. The predicted molar refractivity (Wildman–Crippen MR) is 107 cm³/mol. The van der Waals surface area contributed by atoms with E-state index in [1.54, 1.807) is 17.0 Å². The van der Waals surface area contributed by atoms with E-state index in [2.05, 4.69) is 21.2 Å². The molecule has 0 bridgehead atoms. The quantitative estimate of drug-likeness (QED) is 0.780. The van der Waals surface area contributed by atoms with E-state index in [-0.39, 0.29) is 30.3 Å². The SMILES string of the molecule is O=C1C2NCCCC2N(Cc2ccc(Br)cc2)C(=O)N1Cc1ccc(F)cc1. The lowest BCUT2D eigenvalue weighted by Gasteiger charge is -2.47. The van der Waals surface area contributed by atoms with Crippen molar-refractivity contribution in [2.45, 2.75) is 38.0 Å². The molecule has 146 valence electrons. The lowest BCUT2D eigenvalue weighted by Crippen LogP contribution is -2.68. The maximum Gasteiger partial charge on any atom is 0.327 e. The van der Waals surface area contributed by atoms with Gasteiger partial charge in [-0.1, -0.05) is 40.2 Å². The van der Waals surface area contributed by atoms with E-state index in [9.17, 15) is 14.0 Å². The Bertz CT molecular complexity index is 872. The van der Waals surface area contributed by atoms with Gasteiger partial charge >= 0.3 is 6.03 Å². The second kappa shape index (κ2) is 8.01. The van der Waals surface area contributed by atoms with Crippen LogP contribution in [0.4, 0.5) is 9.18 Å². The van der Waals surface area contributed by atoms with Gasteiger partial charge < -0.3 is 10.2 Å². The van der Waals surface area contributed by atoms with E-state index in [0.29, 0.717) is 6.54 Å². The first-order chi connectivity index (χ1) is 13.5. The Kier molecular flexibility index (Phi) is 5.46. The van der Waals surface area contributed by atoms with Gasteiger partial charge in [0.15, 0.2) is 0 Å². The number of urea groups is 1. The zero-order valence-electron chi connectivity index (χ0n) is 15.3. The fourth-order valence-corrected chi connectivity index (χ4v) is 4.17. The van der Waals surface area contributed by atoms with Gasteiger partial charge in [-0.3, -0.25) is 9.69 Å². The summed E-state index contributed by atoms with van der Waals surface area (Å²) in [5.74, 6) is -0.544. The van der Waals surface area contributed by atoms with Crippen LogP contribution in [0.5, 0.6) is 0 Å². The number of nitrogens with zero attached hydrogens (tertiary/aromatic N) is 2. The molecule has 2 aliphatic heterocycles. The number of hydrogen-bond acceptors (Lipinski definition) is 3. The maximum absolute atomic E-state index is 13.3. The Morgan fingerprint density at radius 2 is 1.64 bits per heavy atom. The average Bonchev–Trinajstić information content (AvgIpc) is 2.71. The summed E-state index contributed by atoms with van der Waals surface area (Å²) >= 11 is 3.43. The molecule has 2 aromatic rings. The zero-order chi connectivity index (χ0) is 19.7. The second-order valence-electron chi connectivity index (χ2n) is 7.23. The molecule has 0 radical (unpaired) electrons. The van der Waals surface area contributed by atoms with Gasteiger partial charge in [0.25, 0.3) is 0 Å². The van der Waals surface area contributed by atoms with Crippen molar-refractivity contribution in [1.82, 2.24) is 15.1 Å². The van der Waals surface area contributed by atoms with Gasteiger partial charge in [-0.05, 0) is 54.8 Å². The third-order valence-electron chi connectivity index (χ3n) is 5.35. The van der Waals surface area contributed by atoms with Crippen molar-refractivity contribution in [3.8, 4) is 0 Å². The second-order valence-corrected chi connectivity index (χ2v) is 8.14. The van der Waals surface area contributed by atoms with Crippen LogP contribution in [0.3, 0.4) is 0 Å². The third kappa shape index (κ3) is 3.82. The molecule has 2 unspecified atom stereocenters. The fraction of sp³-hybridized carbons (Fsp3) is 0.333. The van der Waals surface area contributed by atoms with Crippen LogP contribution >= 0.6 is 15.9 Å². The van der Waals surface area contributed by atoms with E-state index in [1.165, 1.54) is 17.0 Å². The van der Waals surface area contributed by atoms with Crippen molar-refractivity contribution in [3.63, 3.8) is 0 Å². The minimum Gasteiger partial charge on any atom is -0.315 e. The molecule has 1 N–H and O–H groups in total. The summed E-state index contributed by atoms with van der Waals surface area (Å²) in [7, 11) is 0. The highest BCUT2D eigenvalue weighted by atomic mass is 79.9. The van der Waals surface area contributed by atoms with Crippen LogP contribution in [-0.2, 0) is 17.9 Å². The van der Waals surface area contributed by atoms with E-state index >= 15 is 0 Å². The topological polar surface area (TPSA) is 52.7 Å². The summed E-state index contributed by atoms with van der Waals surface area (Å²) in [6.07, 6.45) is 1.73. The lowest BCUT2D eigenvalue weighted by atomic mass is 9.93. The zero-order valence-corrected chi connectivity index (χ0v) is 16.9. The number of amides is 3. The average molecular weight is 446 g/mol. The molecular formula is C21H21BrFN3O2. The summed E-state index contributed by atoms with van der Waals surface area (Å²) in [5, 5.41) is 3.29. The third-order valence-corrected chi connectivity index (χ3v) is 5.88. The Labute approximate surface area is 171 Å². The van der Waals surface area contributed by atoms with Crippen LogP contribution in [0.25, 0.3) is 0 Å². The van der Waals surface area contributed by atoms with Gasteiger partial charge in [-0.2, -0.15) is 0 Å². The summed E-state index contributed by atoms with van der Waals surface area (Å²) < 4.78 is 14.2. The van der Waals surface area contributed by atoms with Crippen LogP contribution in [0.15, 0.2) is 53.0 Å². The first kappa shape index (κ1) is 19.1. The minimum atomic E-state index is -0.401. The summed E-state index contributed by atoms with van der Waals surface area (Å²) in [4.78, 5) is 29.4. The van der Waals surface area contributed by atoms with Crippen molar-refractivity contribution in [2.24, 2.45) is 0 Å². The number of hydrogen-bond donors (Lipinski definition) is 1. The monoisotopic (exact) mass is 445 g/mol. The molecule has 5 nitrogen and oxygen atoms in total. The maximum atomic E-state index is 13.3. The van der Waals surface area contributed by atoms with Crippen molar-refractivity contribution in [1.29, 1.82) is 0 Å². The predicted octanol–water partition coefficient (Wildman–Crippen LogP) is 3.67. The minimum absolute atomic E-state index is 0.139. The first-order valence-electron chi connectivity index (χ1n) is 9.37. The summed E-state index contributed by atoms with van der Waals surface area (Å²) in [6.45, 7) is 1.35. The van der Waals surface area contributed by atoms with Crippen molar-refractivity contribution >= 4 is 27.9 Å². The molecule has 2 saturated heterocycles. The normalized spacial score (nSPS) is 22.4. The molecule has 3 amide bonds.